The Morgan fingerprint density at radius 3 is 2.48 bits per heavy atom. The molecule has 0 saturated carbocycles. The van der Waals surface area contributed by atoms with Gasteiger partial charge >= 0.3 is 0 Å². The summed E-state index contributed by atoms with van der Waals surface area (Å²) >= 11 is 0. The zero-order chi connectivity index (χ0) is 15.7. The number of ether oxygens (including phenoxy) is 1. The maximum atomic E-state index is 11.9. The van der Waals surface area contributed by atoms with Crippen molar-refractivity contribution in [1.82, 2.24) is 10.0 Å². The number of carbonyl (C=O) groups is 1. The molecule has 0 atom stereocenters. The summed E-state index contributed by atoms with van der Waals surface area (Å²) in [6, 6.07) is 6.43. The molecule has 7 heteroatoms. The van der Waals surface area contributed by atoms with Crippen molar-refractivity contribution in [3.8, 4) is 0 Å². The predicted octanol–water partition coefficient (Wildman–Crippen LogP) is 1.03. The maximum Gasteiger partial charge on any atom is 0.240 e. The van der Waals surface area contributed by atoms with E-state index in [-0.39, 0.29) is 17.3 Å². The van der Waals surface area contributed by atoms with Gasteiger partial charge < -0.3 is 10.1 Å². The topological polar surface area (TPSA) is 84.5 Å². The number of sulfonamides is 1. The van der Waals surface area contributed by atoms with Crippen molar-refractivity contribution in [3.63, 3.8) is 0 Å². The van der Waals surface area contributed by atoms with Gasteiger partial charge in [0.15, 0.2) is 0 Å². The first-order chi connectivity index (χ1) is 9.99. The van der Waals surface area contributed by atoms with Crippen molar-refractivity contribution in [2.45, 2.75) is 31.2 Å². The van der Waals surface area contributed by atoms with E-state index in [4.69, 9.17) is 4.74 Å². The van der Waals surface area contributed by atoms with Crippen molar-refractivity contribution in [1.29, 1.82) is 0 Å². The summed E-state index contributed by atoms with van der Waals surface area (Å²) in [4.78, 5) is 11.6. The summed E-state index contributed by atoms with van der Waals surface area (Å²) in [7, 11) is -2.00. The molecule has 0 aliphatic heterocycles. The van der Waals surface area contributed by atoms with Gasteiger partial charge in [0.1, 0.15) is 0 Å². The molecule has 1 aromatic carbocycles. The first-order valence-electron chi connectivity index (χ1n) is 6.84. The summed E-state index contributed by atoms with van der Waals surface area (Å²) in [5.74, 6) is -0.00423. The number of hydrogen-bond acceptors (Lipinski definition) is 4. The van der Waals surface area contributed by atoms with Crippen LogP contribution in [0.4, 0.5) is 0 Å². The highest BCUT2D eigenvalue weighted by atomic mass is 32.2. The van der Waals surface area contributed by atoms with Crippen LogP contribution in [0.5, 0.6) is 0 Å². The minimum Gasteiger partial charge on any atom is -0.383 e. The molecule has 1 aromatic rings. The van der Waals surface area contributed by atoms with E-state index in [0.29, 0.717) is 19.6 Å². The predicted molar refractivity (Wildman–Crippen MR) is 80.3 cm³/mol. The fraction of sp³-hybridized carbons (Fsp3) is 0.500. The molecule has 0 unspecified atom stereocenters. The molecule has 0 aliphatic rings. The number of methoxy groups -OCH3 is 1. The van der Waals surface area contributed by atoms with E-state index >= 15 is 0 Å². The van der Waals surface area contributed by atoms with Gasteiger partial charge in [0.2, 0.25) is 15.9 Å². The third kappa shape index (κ3) is 6.24. The highest BCUT2D eigenvalue weighted by Crippen LogP contribution is 2.10. The minimum atomic E-state index is -3.51. The molecule has 0 fully saturated rings. The van der Waals surface area contributed by atoms with Crippen LogP contribution in [0.1, 0.15) is 25.3 Å². The van der Waals surface area contributed by atoms with Crippen LogP contribution in [-0.4, -0.2) is 34.6 Å². The zero-order valence-corrected chi connectivity index (χ0v) is 13.2. The van der Waals surface area contributed by atoms with E-state index in [1.165, 1.54) is 19.2 Å². The van der Waals surface area contributed by atoms with Gasteiger partial charge in [-0.3, -0.25) is 4.79 Å². The van der Waals surface area contributed by atoms with Gasteiger partial charge in [-0.1, -0.05) is 19.1 Å². The summed E-state index contributed by atoms with van der Waals surface area (Å²) in [6.07, 6.45) is 1.30. The molecule has 0 aromatic heterocycles. The molecule has 1 rings (SSSR count). The molecule has 2 N–H and O–H groups in total. The van der Waals surface area contributed by atoms with Crippen molar-refractivity contribution >= 4 is 15.9 Å². The Bertz CT molecular complexity index is 541. The van der Waals surface area contributed by atoms with Crippen LogP contribution in [-0.2, 0) is 26.1 Å². The van der Waals surface area contributed by atoms with Crippen molar-refractivity contribution < 1.29 is 17.9 Å². The van der Waals surface area contributed by atoms with E-state index in [2.05, 4.69) is 10.0 Å². The molecule has 0 aliphatic carbocycles. The lowest BCUT2D eigenvalue weighted by Crippen LogP contribution is -2.27. The van der Waals surface area contributed by atoms with Gasteiger partial charge in [0.25, 0.3) is 0 Å². The molecule has 0 radical (unpaired) electrons. The average Bonchev–Trinajstić information content (AvgIpc) is 2.46. The largest absolute Gasteiger partial charge is 0.383 e. The smallest absolute Gasteiger partial charge is 0.240 e. The molecular formula is C14H22N2O4S. The highest BCUT2D eigenvalue weighted by molar-refractivity contribution is 7.89. The lowest BCUT2D eigenvalue weighted by molar-refractivity contribution is -0.121. The minimum absolute atomic E-state index is 0.00423. The Kier molecular flexibility index (Phi) is 7.35. The first-order valence-corrected chi connectivity index (χ1v) is 8.32. The van der Waals surface area contributed by atoms with Crippen LogP contribution in [0, 0.1) is 0 Å². The molecule has 0 spiro atoms. The summed E-state index contributed by atoms with van der Waals surface area (Å²) in [6.45, 7) is 2.89. The summed E-state index contributed by atoms with van der Waals surface area (Å²) in [5, 5.41) is 2.78. The second-order valence-electron chi connectivity index (χ2n) is 4.56. The van der Waals surface area contributed by atoms with E-state index in [1.54, 1.807) is 12.1 Å². The van der Waals surface area contributed by atoms with Gasteiger partial charge in [-0.05, 0) is 24.1 Å². The molecule has 1 amide bonds. The number of amides is 1. The molecule has 6 nitrogen and oxygen atoms in total. The number of rotatable bonds is 9. The standard InChI is InChI=1S/C14H22N2O4S/c1-3-4-14(17)15-11-12-5-7-13(8-6-12)21(18,19)16-9-10-20-2/h5-8,16H,3-4,9-11H2,1-2H3,(H,15,17). The second-order valence-corrected chi connectivity index (χ2v) is 6.33. The van der Waals surface area contributed by atoms with E-state index in [1.807, 2.05) is 6.92 Å². The number of nitrogens with one attached hydrogen (secondary N) is 2. The second kappa shape index (κ2) is 8.76. The van der Waals surface area contributed by atoms with Crippen LogP contribution < -0.4 is 10.0 Å². The first kappa shape index (κ1) is 17.6. The van der Waals surface area contributed by atoms with Gasteiger partial charge in [-0.2, -0.15) is 0 Å². The fourth-order valence-corrected chi connectivity index (χ4v) is 2.68. The lowest BCUT2D eigenvalue weighted by Gasteiger charge is -2.08. The lowest BCUT2D eigenvalue weighted by atomic mass is 10.2. The Morgan fingerprint density at radius 2 is 1.90 bits per heavy atom. The fourth-order valence-electron chi connectivity index (χ4n) is 1.66. The van der Waals surface area contributed by atoms with Crippen LogP contribution in [0.25, 0.3) is 0 Å². The Balaban J connectivity index is 2.59. The van der Waals surface area contributed by atoms with E-state index in [0.717, 1.165) is 12.0 Å². The number of benzene rings is 1. The van der Waals surface area contributed by atoms with E-state index in [9.17, 15) is 13.2 Å². The molecular weight excluding hydrogens is 292 g/mol. The normalized spacial score (nSPS) is 11.3. The monoisotopic (exact) mass is 314 g/mol. The van der Waals surface area contributed by atoms with Gasteiger partial charge in [-0.15, -0.1) is 0 Å². The van der Waals surface area contributed by atoms with Crippen molar-refractivity contribution in [3.05, 3.63) is 29.8 Å². The molecule has 0 heterocycles. The average molecular weight is 314 g/mol. The van der Waals surface area contributed by atoms with Crippen molar-refractivity contribution in [2.24, 2.45) is 0 Å². The van der Waals surface area contributed by atoms with Crippen LogP contribution in [0.3, 0.4) is 0 Å². The molecule has 118 valence electrons. The highest BCUT2D eigenvalue weighted by Gasteiger charge is 2.12. The molecule has 0 saturated heterocycles. The van der Waals surface area contributed by atoms with Gasteiger partial charge in [0, 0.05) is 26.6 Å². The van der Waals surface area contributed by atoms with Crippen LogP contribution in [0.2, 0.25) is 0 Å². The Labute approximate surface area is 125 Å². The summed E-state index contributed by atoms with van der Waals surface area (Å²) in [5.41, 5.74) is 0.857. The van der Waals surface area contributed by atoms with E-state index < -0.39 is 10.0 Å². The number of carbonyl (C=O) groups excluding carboxylic acids is 1. The third-order valence-electron chi connectivity index (χ3n) is 2.80. The van der Waals surface area contributed by atoms with Crippen molar-refractivity contribution in [2.75, 3.05) is 20.3 Å². The third-order valence-corrected chi connectivity index (χ3v) is 4.28. The quantitative estimate of drug-likeness (QED) is 0.667. The van der Waals surface area contributed by atoms with Crippen LogP contribution >= 0.6 is 0 Å². The maximum absolute atomic E-state index is 11.9. The van der Waals surface area contributed by atoms with Gasteiger partial charge in [0.05, 0.1) is 11.5 Å². The Hall–Kier alpha value is -1.44. The summed E-state index contributed by atoms with van der Waals surface area (Å²) < 4.78 is 31.1. The van der Waals surface area contributed by atoms with Crippen LogP contribution in [0.15, 0.2) is 29.2 Å². The van der Waals surface area contributed by atoms with Gasteiger partial charge in [-0.25, -0.2) is 13.1 Å². The molecule has 0 bridgehead atoms. The molecule has 21 heavy (non-hydrogen) atoms. The zero-order valence-electron chi connectivity index (χ0n) is 12.4. The SMILES string of the molecule is CCCC(=O)NCc1ccc(S(=O)(=O)NCCOC)cc1. The Morgan fingerprint density at radius 1 is 1.24 bits per heavy atom. The number of hydrogen-bond donors (Lipinski definition) is 2.